The summed E-state index contributed by atoms with van der Waals surface area (Å²) >= 11 is 0. The largest absolute Gasteiger partial charge is 0.326 e. The smallest absolute Gasteiger partial charge is 0.238 e. The molecule has 5 nitrogen and oxygen atoms in total. The third kappa shape index (κ3) is 4.07. The molecule has 1 unspecified atom stereocenters. The minimum absolute atomic E-state index is 0.0282. The number of nitrogens with one attached hydrogen (secondary N) is 1. The van der Waals surface area contributed by atoms with Crippen molar-refractivity contribution in [2.24, 2.45) is 5.73 Å². The van der Waals surface area contributed by atoms with Crippen molar-refractivity contribution in [3.8, 4) is 0 Å². The number of hydrogen-bond donors (Lipinski definition) is 2. The first-order valence-electron chi connectivity index (χ1n) is 8.09. The Hall–Kier alpha value is -2.50. The second-order valence-electron chi connectivity index (χ2n) is 6.10. The molecule has 1 heterocycles. The zero-order chi connectivity index (χ0) is 16.9. The van der Waals surface area contributed by atoms with Gasteiger partial charge in [-0.25, -0.2) is 0 Å². The molecule has 1 aliphatic rings. The van der Waals surface area contributed by atoms with Gasteiger partial charge in [0.1, 0.15) is 0 Å². The average molecular weight is 323 g/mol. The molecule has 124 valence electrons. The SMILES string of the molecule is NC1CCN(CC(=O)Nc2ccc(C(=O)c3ccccc3)cc2)C1. The first kappa shape index (κ1) is 16.4. The molecular weight excluding hydrogens is 302 g/mol. The average Bonchev–Trinajstić information content (AvgIpc) is 3.00. The number of anilines is 1. The van der Waals surface area contributed by atoms with Crippen molar-refractivity contribution in [3.63, 3.8) is 0 Å². The van der Waals surface area contributed by atoms with Gasteiger partial charge in [-0.2, -0.15) is 0 Å². The predicted octanol–water partition coefficient (Wildman–Crippen LogP) is 1.89. The second-order valence-corrected chi connectivity index (χ2v) is 6.10. The molecule has 0 bridgehead atoms. The molecular formula is C19H21N3O2. The monoisotopic (exact) mass is 323 g/mol. The van der Waals surface area contributed by atoms with E-state index in [9.17, 15) is 9.59 Å². The number of carbonyl (C=O) groups excluding carboxylic acids is 2. The van der Waals surface area contributed by atoms with Gasteiger partial charge in [0.15, 0.2) is 5.78 Å². The highest BCUT2D eigenvalue weighted by atomic mass is 16.2. The van der Waals surface area contributed by atoms with Crippen molar-refractivity contribution >= 4 is 17.4 Å². The Morgan fingerprint density at radius 2 is 1.71 bits per heavy atom. The van der Waals surface area contributed by atoms with E-state index in [-0.39, 0.29) is 17.7 Å². The molecule has 24 heavy (non-hydrogen) atoms. The van der Waals surface area contributed by atoms with E-state index in [4.69, 9.17) is 5.73 Å². The number of amides is 1. The molecule has 5 heteroatoms. The summed E-state index contributed by atoms with van der Waals surface area (Å²) < 4.78 is 0. The fourth-order valence-electron chi connectivity index (χ4n) is 2.87. The summed E-state index contributed by atoms with van der Waals surface area (Å²) in [5, 5.41) is 2.86. The van der Waals surface area contributed by atoms with E-state index in [2.05, 4.69) is 5.32 Å². The molecule has 0 spiro atoms. The van der Waals surface area contributed by atoms with Gasteiger partial charge >= 0.3 is 0 Å². The van der Waals surface area contributed by atoms with Crippen molar-refractivity contribution in [2.45, 2.75) is 12.5 Å². The summed E-state index contributed by atoms with van der Waals surface area (Å²) in [6.07, 6.45) is 0.934. The van der Waals surface area contributed by atoms with Crippen LogP contribution in [-0.2, 0) is 4.79 Å². The topological polar surface area (TPSA) is 75.4 Å². The lowest BCUT2D eigenvalue weighted by molar-refractivity contribution is -0.117. The molecule has 3 rings (SSSR count). The van der Waals surface area contributed by atoms with Gasteiger partial charge in [-0.1, -0.05) is 30.3 Å². The quantitative estimate of drug-likeness (QED) is 0.824. The summed E-state index contributed by atoms with van der Waals surface area (Å²) in [4.78, 5) is 26.4. The number of carbonyl (C=O) groups is 2. The lowest BCUT2D eigenvalue weighted by Gasteiger charge is -2.14. The Bertz CT molecular complexity index is 713. The highest BCUT2D eigenvalue weighted by Gasteiger charge is 2.21. The fraction of sp³-hybridized carbons (Fsp3) is 0.263. The molecule has 2 aromatic carbocycles. The van der Waals surface area contributed by atoms with Crippen molar-refractivity contribution < 1.29 is 9.59 Å². The van der Waals surface area contributed by atoms with Crippen LogP contribution in [0.25, 0.3) is 0 Å². The number of ketones is 1. The van der Waals surface area contributed by atoms with Crippen LogP contribution in [0, 0.1) is 0 Å². The van der Waals surface area contributed by atoms with Gasteiger partial charge in [0.25, 0.3) is 0 Å². The number of nitrogens with zero attached hydrogens (tertiary/aromatic N) is 1. The first-order chi connectivity index (χ1) is 11.6. The maximum absolute atomic E-state index is 12.3. The Balaban J connectivity index is 1.58. The van der Waals surface area contributed by atoms with E-state index in [0.29, 0.717) is 23.4 Å². The molecule has 1 saturated heterocycles. The number of rotatable bonds is 5. The Morgan fingerprint density at radius 1 is 1.04 bits per heavy atom. The normalized spacial score (nSPS) is 17.6. The van der Waals surface area contributed by atoms with Crippen molar-refractivity contribution in [1.82, 2.24) is 4.90 Å². The van der Waals surface area contributed by atoms with Gasteiger partial charge in [0.2, 0.25) is 5.91 Å². The van der Waals surface area contributed by atoms with Gasteiger partial charge in [0, 0.05) is 35.9 Å². The van der Waals surface area contributed by atoms with Gasteiger partial charge < -0.3 is 11.1 Å². The van der Waals surface area contributed by atoms with Crippen molar-refractivity contribution in [3.05, 3.63) is 65.7 Å². The molecule has 2 aromatic rings. The Kier molecular flexibility index (Phi) is 5.03. The van der Waals surface area contributed by atoms with Crippen LogP contribution in [0.15, 0.2) is 54.6 Å². The van der Waals surface area contributed by atoms with Gasteiger partial charge in [-0.15, -0.1) is 0 Å². The van der Waals surface area contributed by atoms with E-state index in [1.165, 1.54) is 0 Å². The van der Waals surface area contributed by atoms with Gasteiger partial charge in [-0.05, 0) is 30.7 Å². The zero-order valence-corrected chi connectivity index (χ0v) is 13.4. The van der Waals surface area contributed by atoms with Crippen molar-refractivity contribution in [2.75, 3.05) is 25.0 Å². The number of benzene rings is 2. The minimum Gasteiger partial charge on any atom is -0.326 e. The predicted molar refractivity (Wildman–Crippen MR) is 94.0 cm³/mol. The number of likely N-dealkylation sites (tertiary alicyclic amines) is 1. The lowest BCUT2D eigenvalue weighted by Crippen LogP contribution is -2.33. The van der Waals surface area contributed by atoms with E-state index < -0.39 is 0 Å². The Labute approximate surface area is 141 Å². The van der Waals surface area contributed by atoms with Crippen LogP contribution < -0.4 is 11.1 Å². The molecule has 0 aliphatic carbocycles. The zero-order valence-electron chi connectivity index (χ0n) is 13.4. The fourth-order valence-corrected chi connectivity index (χ4v) is 2.87. The summed E-state index contributed by atoms with van der Waals surface area (Å²) in [6.45, 7) is 1.97. The van der Waals surface area contributed by atoms with Crippen LogP contribution in [0.2, 0.25) is 0 Å². The Morgan fingerprint density at radius 3 is 2.33 bits per heavy atom. The van der Waals surface area contributed by atoms with E-state index in [1.54, 1.807) is 36.4 Å². The third-order valence-corrected chi connectivity index (χ3v) is 4.14. The maximum Gasteiger partial charge on any atom is 0.238 e. The summed E-state index contributed by atoms with van der Waals surface area (Å²) in [5.41, 5.74) is 7.78. The molecule has 0 saturated carbocycles. The van der Waals surface area contributed by atoms with Gasteiger partial charge in [-0.3, -0.25) is 14.5 Å². The molecule has 0 radical (unpaired) electrons. The molecule has 1 aliphatic heterocycles. The van der Waals surface area contributed by atoms with Crippen LogP contribution in [0.1, 0.15) is 22.3 Å². The minimum atomic E-state index is -0.0637. The van der Waals surface area contributed by atoms with Crippen molar-refractivity contribution in [1.29, 1.82) is 0 Å². The standard InChI is InChI=1S/C19H21N3O2/c20-16-10-11-22(12-16)13-18(23)21-17-8-6-15(7-9-17)19(24)14-4-2-1-3-5-14/h1-9,16H,10-13,20H2,(H,21,23). The highest BCUT2D eigenvalue weighted by Crippen LogP contribution is 2.14. The summed E-state index contributed by atoms with van der Waals surface area (Å²) in [5.74, 6) is -0.0919. The van der Waals surface area contributed by atoms with Crippen LogP contribution in [-0.4, -0.2) is 42.3 Å². The molecule has 1 atom stereocenters. The second kappa shape index (κ2) is 7.38. The summed E-state index contributed by atoms with van der Waals surface area (Å²) in [6, 6.07) is 16.3. The van der Waals surface area contributed by atoms with E-state index in [0.717, 1.165) is 19.5 Å². The molecule has 3 N–H and O–H groups in total. The van der Waals surface area contributed by atoms with Crippen LogP contribution in [0.3, 0.4) is 0 Å². The van der Waals surface area contributed by atoms with Crippen LogP contribution in [0.4, 0.5) is 5.69 Å². The van der Waals surface area contributed by atoms with E-state index >= 15 is 0 Å². The van der Waals surface area contributed by atoms with Crippen LogP contribution in [0.5, 0.6) is 0 Å². The maximum atomic E-state index is 12.3. The van der Waals surface area contributed by atoms with Crippen LogP contribution >= 0.6 is 0 Å². The lowest BCUT2D eigenvalue weighted by atomic mass is 10.0. The molecule has 1 amide bonds. The third-order valence-electron chi connectivity index (χ3n) is 4.14. The molecule has 1 fully saturated rings. The highest BCUT2D eigenvalue weighted by molar-refractivity contribution is 6.09. The number of hydrogen-bond acceptors (Lipinski definition) is 4. The molecule has 0 aromatic heterocycles. The first-order valence-corrected chi connectivity index (χ1v) is 8.09. The van der Waals surface area contributed by atoms with E-state index in [1.807, 2.05) is 23.1 Å². The van der Waals surface area contributed by atoms with Gasteiger partial charge in [0.05, 0.1) is 6.54 Å². The summed E-state index contributed by atoms with van der Waals surface area (Å²) in [7, 11) is 0. The number of nitrogens with two attached hydrogens (primary N) is 1.